The van der Waals surface area contributed by atoms with Gasteiger partial charge < -0.3 is 14.8 Å². The van der Waals surface area contributed by atoms with Crippen molar-refractivity contribution in [1.82, 2.24) is 9.91 Å². The number of hydrazone groups is 1. The van der Waals surface area contributed by atoms with Crippen LogP contribution in [0, 0.1) is 0 Å². The zero-order valence-corrected chi connectivity index (χ0v) is 19.6. The van der Waals surface area contributed by atoms with Crippen LogP contribution in [0.2, 0.25) is 0 Å². The van der Waals surface area contributed by atoms with Crippen LogP contribution in [0.1, 0.15) is 29.2 Å². The van der Waals surface area contributed by atoms with E-state index in [2.05, 4.69) is 15.3 Å². The summed E-state index contributed by atoms with van der Waals surface area (Å²) < 4.78 is 49.8. The molecule has 2 heterocycles. The number of carbonyl (C=O) groups excluding carboxylic acids is 1. The zero-order valence-electron chi connectivity index (χ0n) is 19.6. The maximum absolute atomic E-state index is 12.8. The van der Waals surface area contributed by atoms with Crippen LogP contribution in [0.15, 0.2) is 47.6 Å². The topological polar surface area (TPSA) is 66.4 Å². The number of nitrogens with one attached hydrogen (secondary N) is 1. The Hall–Kier alpha value is -3.11. The molecular formula is C25H29F3N4O3. The Morgan fingerprint density at radius 1 is 1.17 bits per heavy atom. The number of amides is 1. The first-order valence-electron chi connectivity index (χ1n) is 11.6. The summed E-state index contributed by atoms with van der Waals surface area (Å²) in [6, 6.07) is 10.1. The van der Waals surface area contributed by atoms with Gasteiger partial charge in [0.2, 0.25) is 5.91 Å². The second-order valence-corrected chi connectivity index (χ2v) is 8.60. The maximum Gasteiger partial charge on any atom is 0.416 e. The molecule has 1 N–H and O–H groups in total. The molecule has 7 nitrogen and oxygen atoms in total. The summed E-state index contributed by atoms with van der Waals surface area (Å²) in [5, 5.41) is 9.03. The molecule has 0 spiro atoms. The van der Waals surface area contributed by atoms with Crippen molar-refractivity contribution >= 4 is 17.8 Å². The van der Waals surface area contributed by atoms with E-state index in [-0.39, 0.29) is 18.4 Å². The number of morpholine rings is 1. The van der Waals surface area contributed by atoms with Gasteiger partial charge in [0.15, 0.2) is 0 Å². The quantitative estimate of drug-likeness (QED) is 0.607. The van der Waals surface area contributed by atoms with Crippen molar-refractivity contribution < 1.29 is 27.4 Å². The van der Waals surface area contributed by atoms with E-state index in [1.807, 2.05) is 30.4 Å². The molecule has 10 heteroatoms. The number of hydrogen-bond acceptors (Lipinski definition) is 6. The number of rotatable bonds is 8. The molecule has 1 fully saturated rings. The second kappa shape index (κ2) is 11.1. The summed E-state index contributed by atoms with van der Waals surface area (Å²) in [4.78, 5) is 14.9. The first-order valence-corrected chi connectivity index (χ1v) is 11.6. The van der Waals surface area contributed by atoms with E-state index in [9.17, 15) is 18.0 Å². The molecule has 0 aromatic heterocycles. The van der Waals surface area contributed by atoms with Gasteiger partial charge in [-0.3, -0.25) is 14.7 Å². The lowest BCUT2D eigenvalue weighted by Gasteiger charge is -2.27. The number of hydrogen-bond donors (Lipinski definition) is 1. The molecule has 2 aliphatic heterocycles. The number of benzene rings is 2. The fourth-order valence-corrected chi connectivity index (χ4v) is 4.17. The highest BCUT2D eigenvalue weighted by molar-refractivity contribution is 5.92. The van der Waals surface area contributed by atoms with Crippen molar-refractivity contribution in [2.24, 2.45) is 5.10 Å². The molecule has 4 rings (SSSR count). The van der Waals surface area contributed by atoms with Crippen molar-refractivity contribution in [1.29, 1.82) is 0 Å². The van der Waals surface area contributed by atoms with E-state index in [1.165, 1.54) is 12.1 Å². The van der Waals surface area contributed by atoms with Gasteiger partial charge >= 0.3 is 6.18 Å². The van der Waals surface area contributed by atoms with E-state index >= 15 is 0 Å². The van der Waals surface area contributed by atoms with Crippen molar-refractivity contribution in [3.8, 4) is 5.75 Å². The molecule has 1 atom stereocenters. The van der Waals surface area contributed by atoms with Gasteiger partial charge in [0, 0.05) is 50.6 Å². The standard InChI is InChI=1S/C25H29F3N4O3/c1-31-22(8-9-29-31)21-17-20(6-7-23(21)35-15-12-32-10-13-34-14-11-32)30-24(33)16-18-2-4-19(5-3-18)25(26,27)28/h2-7,9,17,22H,8,10-16H2,1H3,(H,30,33). The van der Waals surface area contributed by atoms with E-state index in [1.54, 1.807) is 6.07 Å². The summed E-state index contributed by atoms with van der Waals surface area (Å²) >= 11 is 0. The smallest absolute Gasteiger partial charge is 0.416 e. The Morgan fingerprint density at radius 3 is 2.57 bits per heavy atom. The van der Waals surface area contributed by atoms with Crippen molar-refractivity contribution in [2.45, 2.75) is 25.1 Å². The summed E-state index contributed by atoms with van der Waals surface area (Å²) in [7, 11) is 1.89. The third-order valence-corrected chi connectivity index (χ3v) is 6.11. The Kier molecular flexibility index (Phi) is 7.92. The predicted octanol–water partition coefficient (Wildman–Crippen LogP) is 3.96. The minimum atomic E-state index is -4.40. The SMILES string of the molecule is CN1N=CCC1c1cc(NC(=O)Cc2ccc(C(F)(F)F)cc2)ccc1OCCN1CCOCC1. The second-order valence-electron chi connectivity index (χ2n) is 8.60. The van der Waals surface area contributed by atoms with Crippen molar-refractivity contribution in [3.05, 3.63) is 59.2 Å². The van der Waals surface area contributed by atoms with Gasteiger partial charge in [0.25, 0.3) is 0 Å². The number of nitrogens with zero attached hydrogens (tertiary/aromatic N) is 3. The minimum Gasteiger partial charge on any atom is -0.492 e. The summed E-state index contributed by atoms with van der Waals surface area (Å²) in [5.41, 5.74) is 1.28. The molecule has 1 saturated heterocycles. The molecule has 0 saturated carbocycles. The first kappa shape index (κ1) is 25.0. The summed E-state index contributed by atoms with van der Waals surface area (Å²) in [6.07, 6.45) is -1.87. The Labute approximate surface area is 202 Å². The van der Waals surface area contributed by atoms with E-state index in [4.69, 9.17) is 9.47 Å². The lowest BCUT2D eigenvalue weighted by Crippen LogP contribution is -2.38. The van der Waals surface area contributed by atoms with Gasteiger partial charge in [-0.1, -0.05) is 12.1 Å². The van der Waals surface area contributed by atoms with Crippen LogP contribution in [-0.4, -0.2) is 68.5 Å². The minimum absolute atomic E-state index is 0.0137. The normalized spacial score (nSPS) is 18.6. The number of ether oxygens (including phenoxy) is 2. The highest BCUT2D eigenvalue weighted by Gasteiger charge is 2.30. The van der Waals surface area contributed by atoms with Crippen LogP contribution in [-0.2, 0) is 22.1 Å². The van der Waals surface area contributed by atoms with Crippen molar-refractivity contribution in [3.63, 3.8) is 0 Å². The van der Waals surface area contributed by atoms with Crippen molar-refractivity contribution in [2.75, 3.05) is 51.8 Å². The van der Waals surface area contributed by atoms with Gasteiger partial charge in [-0.25, -0.2) is 0 Å². The molecule has 1 unspecified atom stereocenters. The lowest BCUT2D eigenvalue weighted by molar-refractivity contribution is -0.137. The van der Waals surface area contributed by atoms with Gasteiger partial charge in [-0.15, -0.1) is 0 Å². The molecule has 1 amide bonds. The zero-order chi connectivity index (χ0) is 24.8. The molecular weight excluding hydrogens is 461 g/mol. The molecule has 188 valence electrons. The molecule has 2 aliphatic rings. The van der Waals surface area contributed by atoms with Crippen LogP contribution >= 0.6 is 0 Å². The lowest BCUT2D eigenvalue weighted by atomic mass is 10.0. The Bertz CT molecular complexity index is 1040. The van der Waals surface area contributed by atoms with E-state index in [0.717, 1.165) is 62.7 Å². The van der Waals surface area contributed by atoms with Crippen LogP contribution in [0.25, 0.3) is 0 Å². The average molecular weight is 491 g/mol. The molecule has 2 aromatic rings. The monoisotopic (exact) mass is 490 g/mol. The van der Waals surface area contributed by atoms with Gasteiger partial charge in [-0.05, 0) is 35.9 Å². The fraction of sp³-hybridized carbons (Fsp3) is 0.440. The number of carbonyl (C=O) groups is 1. The Morgan fingerprint density at radius 2 is 1.91 bits per heavy atom. The molecule has 35 heavy (non-hydrogen) atoms. The van der Waals surface area contributed by atoms with Crippen LogP contribution in [0.5, 0.6) is 5.75 Å². The van der Waals surface area contributed by atoms with E-state index < -0.39 is 11.7 Å². The molecule has 0 radical (unpaired) electrons. The third-order valence-electron chi connectivity index (χ3n) is 6.11. The first-order chi connectivity index (χ1) is 16.8. The third kappa shape index (κ3) is 6.73. The highest BCUT2D eigenvalue weighted by atomic mass is 19.4. The van der Waals surface area contributed by atoms with Gasteiger partial charge in [0.1, 0.15) is 12.4 Å². The van der Waals surface area contributed by atoms with Crippen LogP contribution < -0.4 is 10.1 Å². The molecule has 0 bridgehead atoms. The number of alkyl halides is 3. The Balaban J connectivity index is 1.41. The van der Waals surface area contributed by atoms with Gasteiger partial charge in [0.05, 0.1) is 31.2 Å². The van der Waals surface area contributed by atoms with E-state index in [0.29, 0.717) is 17.9 Å². The maximum atomic E-state index is 12.8. The fourth-order valence-electron chi connectivity index (χ4n) is 4.17. The average Bonchev–Trinajstić information content (AvgIpc) is 3.26. The van der Waals surface area contributed by atoms with Crippen LogP contribution in [0.4, 0.5) is 18.9 Å². The molecule has 2 aromatic carbocycles. The molecule has 0 aliphatic carbocycles. The largest absolute Gasteiger partial charge is 0.492 e. The summed E-state index contributed by atoms with van der Waals surface area (Å²) in [6.45, 7) is 4.57. The summed E-state index contributed by atoms with van der Waals surface area (Å²) in [5.74, 6) is 0.425. The highest BCUT2D eigenvalue weighted by Crippen LogP contribution is 2.35. The number of halogens is 3. The predicted molar refractivity (Wildman–Crippen MR) is 127 cm³/mol. The van der Waals surface area contributed by atoms with Crippen LogP contribution in [0.3, 0.4) is 0 Å². The number of anilines is 1. The van der Waals surface area contributed by atoms with Gasteiger partial charge in [-0.2, -0.15) is 18.3 Å².